The van der Waals surface area contributed by atoms with Crippen molar-refractivity contribution in [2.75, 3.05) is 32.8 Å². The van der Waals surface area contributed by atoms with Gasteiger partial charge in [-0.05, 0) is 38.8 Å². The van der Waals surface area contributed by atoms with Crippen molar-refractivity contribution in [1.29, 1.82) is 0 Å². The Kier molecular flexibility index (Phi) is 3.42. The molecular weight excluding hydrogens is 176 g/mol. The molecule has 0 saturated carbocycles. The zero-order chi connectivity index (χ0) is 9.86. The maximum absolute atomic E-state index is 5.95. The van der Waals surface area contributed by atoms with Gasteiger partial charge in [-0.15, -0.1) is 0 Å². The molecule has 0 aromatic rings. The lowest BCUT2D eigenvalue weighted by Crippen LogP contribution is -2.59. The zero-order valence-corrected chi connectivity index (χ0v) is 9.00. The summed E-state index contributed by atoms with van der Waals surface area (Å²) in [6, 6.07) is 0. The molecule has 0 spiro atoms. The second-order valence-corrected chi connectivity index (χ2v) is 4.63. The van der Waals surface area contributed by atoms with Crippen molar-refractivity contribution in [2.24, 2.45) is 5.73 Å². The van der Waals surface area contributed by atoms with Crippen LogP contribution < -0.4 is 5.73 Å². The van der Waals surface area contributed by atoms with Crippen LogP contribution in [0.15, 0.2) is 0 Å². The van der Waals surface area contributed by atoms with Crippen LogP contribution in [0.25, 0.3) is 0 Å². The Balaban J connectivity index is 2.01. The lowest BCUT2D eigenvalue weighted by molar-refractivity contribution is -0.0516. The first-order valence-corrected chi connectivity index (χ1v) is 5.90. The van der Waals surface area contributed by atoms with E-state index in [0.717, 1.165) is 19.8 Å². The van der Waals surface area contributed by atoms with E-state index in [4.69, 9.17) is 10.5 Å². The molecule has 1 atom stereocenters. The Bertz CT molecular complexity index is 172. The second-order valence-electron chi connectivity index (χ2n) is 4.63. The third kappa shape index (κ3) is 1.95. The summed E-state index contributed by atoms with van der Waals surface area (Å²) in [7, 11) is 0. The molecule has 0 aliphatic carbocycles. The van der Waals surface area contributed by atoms with Crippen LogP contribution in [0.3, 0.4) is 0 Å². The number of hydrogen-bond donors (Lipinski definition) is 1. The van der Waals surface area contributed by atoms with Crippen LogP contribution >= 0.6 is 0 Å². The molecule has 0 radical (unpaired) electrons. The van der Waals surface area contributed by atoms with Crippen LogP contribution in [0.1, 0.15) is 32.1 Å². The summed E-state index contributed by atoms with van der Waals surface area (Å²) in [6.45, 7) is 4.98. The van der Waals surface area contributed by atoms with Crippen molar-refractivity contribution >= 4 is 0 Å². The molecule has 2 saturated heterocycles. The Labute approximate surface area is 86.6 Å². The number of hydrogen-bond acceptors (Lipinski definition) is 3. The number of nitrogens with zero attached hydrogens (tertiary/aromatic N) is 1. The normalized spacial score (nSPS) is 35.8. The van der Waals surface area contributed by atoms with E-state index in [0.29, 0.717) is 0 Å². The highest BCUT2D eigenvalue weighted by Gasteiger charge is 2.37. The van der Waals surface area contributed by atoms with Gasteiger partial charge in [-0.1, -0.05) is 6.42 Å². The van der Waals surface area contributed by atoms with Gasteiger partial charge in [-0.2, -0.15) is 0 Å². The number of likely N-dealkylation sites (tertiary alicyclic amines) is 1. The van der Waals surface area contributed by atoms with Crippen LogP contribution in [0.2, 0.25) is 0 Å². The highest BCUT2D eigenvalue weighted by Crippen LogP contribution is 2.28. The quantitative estimate of drug-likeness (QED) is 0.719. The van der Waals surface area contributed by atoms with E-state index in [2.05, 4.69) is 4.90 Å². The van der Waals surface area contributed by atoms with Crippen molar-refractivity contribution in [2.45, 2.75) is 37.6 Å². The van der Waals surface area contributed by atoms with Crippen LogP contribution in [-0.2, 0) is 4.74 Å². The standard InChI is InChI=1S/C11H22N2O/c12-9-11(5-4-8-14-10-11)13-6-2-1-3-7-13/h1-10,12H2. The largest absolute Gasteiger partial charge is 0.379 e. The van der Waals surface area contributed by atoms with E-state index >= 15 is 0 Å². The number of rotatable bonds is 2. The van der Waals surface area contributed by atoms with E-state index in [1.807, 2.05) is 0 Å². The molecule has 2 N–H and O–H groups in total. The van der Waals surface area contributed by atoms with Crippen molar-refractivity contribution < 1.29 is 4.74 Å². The van der Waals surface area contributed by atoms with Gasteiger partial charge in [0.05, 0.1) is 12.1 Å². The molecule has 2 rings (SSSR count). The van der Waals surface area contributed by atoms with Crippen LogP contribution in [-0.4, -0.2) is 43.3 Å². The first kappa shape index (κ1) is 10.4. The van der Waals surface area contributed by atoms with Crippen LogP contribution in [0.4, 0.5) is 0 Å². The van der Waals surface area contributed by atoms with Crippen LogP contribution in [0.5, 0.6) is 0 Å². The molecule has 0 amide bonds. The average molecular weight is 198 g/mol. The van der Waals surface area contributed by atoms with Crippen LogP contribution in [0, 0.1) is 0 Å². The van der Waals surface area contributed by atoms with Crippen molar-refractivity contribution in [1.82, 2.24) is 4.90 Å². The summed E-state index contributed by atoms with van der Waals surface area (Å²) < 4.78 is 5.61. The molecule has 1 unspecified atom stereocenters. The SMILES string of the molecule is NCC1(N2CCCCC2)CCCOC1. The van der Waals surface area contributed by atoms with Gasteiger partial charge >= 0.3 is 0 Å². The van der Waals surface area contributed by atoms with Gasteiger partial charge in [0.1, 0.15) is 0 Å². The van der Waals surface area contributed by atoms with E-state index < -0.39 is 0 Å². The number of ether oxygens (including phenoxy) is 1. The number of piperidine rings is 1. The van der Waals surface area contributed by atoms with Crippen molar-refractivity contribution in [3.63, 3.8) is 0 Å². The molecule has 2 aliphatic rings. The molecule has 2 aliphatic heterocycles. The fraction of sp³-hybridized carbons (Fsp3) is 1.00. The smallest absolute Gasteiger partial charge is 0.0662 e. The van der Waals surface area contributed by atoms with Gasteiger partial charge in [0.2, 0.25) is 0 Å². The van der Waals surface area contributed by atoms with E-state index in [1.54, 1.807) is 0 Å². The van der Waals surface area contributed by atoms with Gasteiger partial charge < -0.3 is 10.5 Å². The molecule has 3 nitrogen and oxygen atoms in total. The molecule has 14 heavy (non-hydrogen) atoms. The molecule has 3 heteroatoms. The van der Waals surface area contributed by atoms with Gasteiger partial charge in [-0.3, -0.25) is 4.90 Å². The first-order chi connectivity index (χ1) is 6.87. The predicted molar refractivity (Wildman–Crippen MR) is 57.3 cm³/mol. The van der Waals surface area contributed by atoms with Gasteiger partial charge in [0.15, 0.2) is 0 Å². The fourth-order valence-electron chi connectivity index (χ4n) is 2.75. The fourth-order valence-corrected chi connectivity index (χ4v) is 2.75. The zero-order valence-electron chi connectivity index (χ0n) is 9.00. The second kappa shape index (κ2) is 4.60. The topological polar surface area (TPSA) is 38.5 Å². The van der Waals surface area contributed by atoms with E-state index in [9.17, 15) is 0 Å². The highest BCUT2D eigenvalue weighted by atomic mass is 16.5. The summed E-state index contributed by atoms with van der Waals surface area (Å²) in [5.74, 6) is 0. The van der Waals surface area contributed by atoms with E-state index in [1.165, 1.54) is 45.2 Å². The minimum absolute atomic E-state index is 0.179. The lowest BCUT2D eigenvalue weighted by Gasteiger charge is -2.47. The Hall–Kier alpha value is -0.120. The molecule has 2 fully saturated rings. The Morgan fingerprint density at radius 1 is 1.14 bits per heavy atom. The molecule has 0 aromatic carbocycles. The summed E-state index contributed by atoms with van der Waals surface area (Å²) in [5.41, 5.74) is 6.13. The Morgan fingerprint density at radius 2 is 1.93 bits per heavy atom. The average Bonchev–Trinajstić information content (AvgIpc) is 2.31. The van der Waals surface area contributed by atoms with Crippen molar-refractivity contribution in [3.8, 4) is 0 Å². The van der Waals surface area contributed by atoms with Crippen molar-refractivity contribution in [3.05, 3.63) is 0 Å². The highest BCUT2D eigenvalue weighted by molar-refractivity contribution is 4.94. The molecule has 0 bridgehead atoms. The lowest BCUT2D eigenvalue weighted by atomic mass is 9.88. The maximum atomic E-state index is 5.95. The minimum Gasteiger partial charge on any atom is -0.379 e. The minimum atomic E-state index is 0.179. The summed E-state index contributed by atoms with van der Waals surface area (Å²) in [4.78, 5) is 2.58. The molecule has 2 heterocycles. The van der Waals surface area contributed by atoms with Gasteiger partial charge in [0.25, 0.3) is 0 Å². The summed E-state index contributed by atoms with van der Waals surface area (Å²) >= 11 is 0. The summed E-state index contributed by atoms with van der Waals surface area (Å²) in [5, 5.41) is 0. The monoisotopic (exact) mass is 198 g/mol. The molecule has 82 valence electrons. The molecule has 0 aromatic heterocycles. The maximum Gasteiger partial charge on any atom is 0.0662 e. The predicted octanol–water partition coefficient (Wildman–Crippen LogP) is 0.980. The third-order valence-corrected chi connectivity index (χ3v) is 3.71. The van der Waals surface area contributed by atoms with Gasteiger partial charge in [-0.25, -0.2) is 0 Å². The summed E-state index contributed by atoms with van der Waals surface area (Å²) in [6.07, 6.45) is 6.46. The van der Waals surface area contributed by atoms with E-state index in [-0.39, 0.29) is 5.54 Å². The number of nitrogens with two attached hydrogens (primary N) is 1. The Morgan fingerprint density at radius 3 is 2.50 bits per heavy atom. The molecular formula is C11H22N2O. The first-order valence-electron chi connectivity index (χ1n) is 5.90. The third-order valence-electron chi connectivity index (χ3n) is 3.71. The van der Waals surface area contributed by atoms with Gasteiger partial charge in [0, 0.05) is 13.2 Å².